The highest BCUT2D eigenvalue weighted by atomic mass is 35.5. The third kappa shape index (κ3) is 5.31. The van der Waals surface area contributed by atoms with Crippen LogP contribution < -0.4 is 0 Å². The molecule has 0 spiro atoms. The molecule has 112 valence electrons. The quantitative estimate of drug-likeness (QED) is 0.747. The molecule has 20 heavy (non-hydrogen) atoms. The second-order valence-electron chi connectivity index (χ2n) is 4.35. The third-order valence-electron chi connectivity index (χ3n) is 2.57. The van der Waals surface area contributed by atoms with Crippen molar-refractivity contribution in [2.75, 3.05) is 12.4 Å². The number of ether oxygens (including phenoxy) is 1. The molecule has 1 rings (SSSR count). The standard InChI is InChI=1S/C13H16Cl2O4S/c1-3-19-13(16)4-5-20(17,18)8-10-11(14)6-9(2)7-12(10)15/h6-7H,3-5,8H2,1-2H3. The summed E-state index contributed by atoms with van der Waals surface area (Å²) >= 11 is 12.0. The number of esters is 1. The number of aryl methyl sites for hydroxylation is 1. The van der Waals surface area contributed by atoms with E-state index in [2.05, 4.69) is 0 Å². The monoisotopic (exact) mass is 338 g/mol. The Morgan fingerprint density at radius 2 is 1.80 bits per heavy atom. The predicted octanol–water partition coefficient (Wildman–Crippen LogP) is 3.17. The van der Waals surface area contributed by atoms with Gasteiger partial charge in [-0.3, -0.25) is 4.79 Å². The summed E-state index contributed by atoms with van der Waals surface area (Å²) in [7, 11) is -3.48. The zero-order chi connectivity index (χ0) is 15.3. The molecule has 1 aromatic carbocycles. The molecule has 0 saturated carbocycles. The number of carbonyl (C=O) groups is 1. The maximum absolute atomic E-state index is 12.0. The van der Waals surface area contributed by atoms with Gasteiger partial charge in [0.15, 0.2) is 9.84 Å². The summed E-state index contributed by atoms with van der Waals surface area (Å²) in [6.07, 6.45) is -0.169. The minimum absolute atomic E-state index is 0.169. The fourth-order valence-corrected chi connectivity index (χ4v) is 3.89. The maximum atomic E-state index is 12.0. The van der Waals surface area contributed by atoms with Crippen LogP contribution in [0.2, 0.25) is 10.0 Å². The molecule has 0 aliphatic heterocycles. The molecule has 0 unspecified atom stereocenters. The highest BCUT2D eigenvalue weighted by Gasteiger charge is 2.19. The summed E-state index contributed by atoms with van der Waals surface area (Å²) in [6.45, 7) is 3.71. The van der Waals surface area contributed by atoms with E-state index in [9.17, 15) is 13.2 Å². The SMILES string of the molecule is CCOC(=O)CCS(=O)(=O)Cc1c(Cl)cc(C)cc1Cl. The highest BCUT2D eigenvalue weighted by molar-refractivity contribution is 7.90. The molecule has 0 amide bonds. The Bertz CT molecular complexity index is 573. The summed E-state index contributed by atoms with van der Waals surface area (Å²) in [5.74, 6) is -1.10. The van der Waals surface area contributed by atoms with Gasteiger partial charge in [0.1, 0.15) is 0 Å². The summed E-state index contributed by atoms with van der Waals surface area (Å²) in [4.78, 5) is 11.2. The fourth-order valence-electron chi connectivity index (χ4n) is 1.63. The van der Waals surface area contributed by atoms with Crippen molar-refractivity contribution in [1.29, 1.82) is 0 Å². The van der Waals surface area contributed by atoms with E-state index in [1.165, 1.54) is 0 Å². The van der Waals surface area contributed by atoms with Crippen LogP contribution in [0.15, 0.2) is 12.1 Å². The normalized spacial score (nSPS) is 11.4. The summed E-state index contributed by atoms with van der Waals surface area (Å²) in [5.41, 5.74) is 1.22. The molecular weight excluding hydrogens is 323 g/mol. The van der Waals surface area contributed by atoms with E-state index >= 15 is 0 Å². The molecule has 0 N–H and O–H groups in total. The van der Waals surface area contributed by atoms with Crippen LogP contribution in [0.4, 0.5) is 0 Å². The zero-order valence-corrected chi connectivity index (χ0v) is 13.6. The smallest absolute Gasteiger partial charge is 0.306 e. The summed E-state index contributed by atoms with van der Waals surface area (Å²) in [5, 5.41) is 0.629. The van der Waals surface area contributed by atoms with E-state index in [1.807, 2.05) is 6.92 Å². The van der Waals surface area contributed by atoms with Crippen LogP contribution in [-0.2, 0) is 25.1 Å². The van der Waals surface area contributed by atoms with Gasteiger partial charge in [-0.05, 0) is 31.5 Å². The summed E-state index contributed by atoms with van der Waals surface area (Å²) < 4.78 is 28.6. The van der Waals surface area contributed by atoms with Gasteiger partial charge in [-0.2, -0.15) is 0 Å². The molecule has 0 radical (unpaired) electrons. The first kappa shape index (κ1) is 17.3. The average Bonchev–Trinajstić information content (AvgIpc) is 2.32. The van der Waals surface area contributed by atoms with Gasteiger partial charge in [0.25, 0.3) is 0 Å². The Balaban J connectivity index is 2.79. The summed E-state index contributed by atoms with van der Waals surface area (Å²) in [6, 6.07) is 3.31. The first-order chi connectivity index (χ1) is 9.25. The Morgan fingerprint density at radius 3 is 2.30 bits per heavy atom. The van der Waals surface area contributed by atoms with E-state index in [1.54, 1.807) is 19.1 Å². The molecule has 0 atom stereocenters. The van der Waals surface area contributed by atoms with Crippen LogP contribution in [0.25, 0.3) is 0 Å². The first-order valence-corrected chi connectivity index (χ1v) is 8.63. The lowest BCUT2D eigenvalue weighted by Crippen LogP contribution is -2.15. The number of hydrogen-bond acceptors (Lipinski definition) is 4. The Morgan fingerprint density at radius 1 is 1.25 bits per heavy atom. The van der Waals surface area contributed by atoms with Crippen molar-refractivity contribution in [3.63, 3.8) is 0 Å². The van der Waals surface area contributed by atoms with Crippen molar-refractivity contribution in [2.24, 2.45) is 0 Å². The number of benzene rings is 1. The van der Waals surface area contributed by atoms with Gasteiger partial charge < -0.3 is 4.74 Å². The number of carbonyl (C=O) groups excluding carboxylic acids is 1. The van der Waals surface area contributed by atoms with E-state index in [0.29, 0.717) is 15.6 Å². The van der Waals surface area contributed by atoms with Crippen LogP contribution >= 0.6 is 23.2 Å². The minimum Gasteiger partial charge on any atom is -0.466 e. The molecule has 7 heteroatoms. The lowest BCUT2D eigenvalue weighted by Gasteiger charge is -2.09. The topological polar surface area (TPSA) is 60.4 Å². The Kier molecular flexibility index (Phi) is 6.30. The number of rotatable bonds is 6. The van der Waals surface area contributed by atoms with Gasteiger partial charge in [-0.25, -0.2) is 8.42 Å². The lowest BCUT2D eigenvalue weighted by atomic mass is 10.2. The highest BCUT2D eigenvalue weighted by Crippen LogP contribution is 2.28. The molecular formula is C13H16Cl2O4S. The zero-order valence-electron chi connectivity index (χ0n) is 11.3. The van der Waals surface area contributed by atoms with Gasteiger partial charge in [0, 0.05) is 15.6 Å². The predicted molar refractivity (Wildman–Crippen MR) is 79.9 cm³/mol. The fraction of sp³-hybridized carbons (Fsp3) is 0.462. The second kappa shape index (κ2) is 7.29. The minimum atomic E-state index is -3.48. The molecule has 4 nitrogen and oxygen atoms in total. The number of halogens is 2. The van der Waals surface area contributed by atoms with Gasteiger partial charge in [-0.15, -0.1) is 0 Å². The maximum Gasteiger partial charge on any atom is 0.306 e. The number of sulfone groups is 1. The molecule has 0 aliphatic rings. The van der Waals surface area contributed by atoms with Gasteiger partial charge >= 0.3 is 5.97 Å². The van der Waals surface area contributed by atoms with Gasteiger partial charge in [-0.1, -0.05) is 23.2 Å². The van der Waals surface area contributed by atoms with E-state index in [-0.39, 0.29) is 24.5 Å². The van der Waals surface area contributed by atoms with Crippen molar-refractivity contribution in [3.8, 4) is 0 Å². The first-order valence-electron chi connectivity index (χ1n) is 6.05. The average molecular weight is 339 g/mol. The Hall–Kier alpha value is -0.780. The molecule has 0 heterocycles. The molecule has 1 aromatic rings. The molecule has 0 aliphatic carbocycles. The number of hydrogen-bond donors (Lipinski definition) is 0. The van der Waals surface area contributed by atoms with Crippen molar-refractivity contribution < 1.29 is 17.9 Å². The van der Waals surface area contributed by atoms with Gasteiger partial charge in [0.05, 0.1) is 24.5 Å². The van der Waals surface area contributed by atoms with Crippen molar-refractivity contribution in [3.05, 3.63) is 33.3 Å². The molecule has 0 bridgehead atoms. The molecule has 0 aromatic heterocycles. The van der Waals surface area contributed by atoms with Crippen LogP contribution in [0.1, 0.15) is 24.5 Å². The lowest BCUT2D eigenvalue weighted by molar-refractivity contribution is -0.142. The van der Waals surface area contributed by atoms with Crippen molar-refractivity contribution in [1.82, 2.24) is 0 Å². The largest absolute Gasteiger partial charge is 0.466 e. The van der Waals surface area contributed by atoms with Crippen LogP contribution in [-0.4, -0.2) is 26.7 Å². The van der Waals surface area contributed by atoms with E-state index in [4.69, 9.17) is 27.9 Å². The second-order valence-corrected chi connectivity index (χ2v) is 7.35. The van der Waals surface area contributed by atoms with Crippen molar-refractivity contribution in [2.45, 2.75) is 26.0 Å². The van der Waals surface area contributed by atoms with Crippen LogP contribution in [0, 0.1) is 6.92 Å². The molecule has 0 fully saturated rings. The molecule has 0 saturated heterocycles. The van der Waals surface area contributed by atoms with Crippen molar-refractivity contribution >= 4 is 39.0 Å². The van der Waals surface area contributed by atoms with Crippen LogP contribution in [0.3, 0.4) is 0 Å². The van der Waals surface area contributed by atoms with Gasteiger partial charge in [0.2, 0.25) is 0 Å². The van der Waals surface area contributed by atoms with E-state index < -0.39 is 15.8 Å². The van der Waals surface area contributed by atoms with E-state index in [0.717, 1.165) is 5.56 Å². The van der Waals surface area contributed by atoms with Crippen LogP contribution in [0.5, 0.6) is 0 Å². The third-order valence-corrected chi connectivity index (χ3v) is 4.80. The Labute approximate surface area is 128 Å².